The van der Waals surface area contributed by atoms with Gasteiger partial charge in [0.2, 0.25) is 0 Å². The van der Waals surface area contributed by atoms with Crippen molar-refractivity contribution in [2.24, 2.45) is 0 Å². The monoisotopic (exact) mass is 271 g/mol. The van der Waals surface area contributed by atoms with Crippen molar-refractivity contribution in [1.82, 2.24) is 15.2 Å². The Hall–Kier alpha value is -1.14. The van der Waals surface area contributed by atoms with E-state index in [9.17, 15) is 4.79 Å². The number of carbonyl (C=O) groups is 1. The van der Waals surface area contributed by atoms with E-state index in [1.807, 2.05) is 6.92 Å². The minimum atomic E-state index is -0.120. The van der Waals surface area contributed by atoms with Crippen molar-refractivity contribution >= 4 is 17.4 Å². The normalized spacial score (nSPS) is 10.4. The Bertz CT molecular complexity index is 368. The zero-order valence-corrected chi connectivity index (χ0v) is 11.8. The molecule has 0 atom stereocenters. The fraction of sp³-hybridized carbons (Fsp3) is 0.667. The second-order valence-corrected chi connectivity index (χ2v) is 5.02. The molecule has 0 aliphatic carbocycles. The molecule has 1 aromatic rings. The summed E-state index contributed by atoms with van der Waals surface area (Å²) in [6.45, 7) is 5.58. The maximum Gasteiger partial charge on any atom is 0.317 e. The van der Waals surface area contributed by atoms with Gasteiger partial charge in [-0.05, 0) is 13.3 Å². The van der Waals surface area contributed by atoms with E-state index in [-0.39, 0.29) is 12.6 Å². The molecule has 6 heteroatoms. The van der Waals surface area contributed by atoms with Crippen LogP contribution in [0.15, 0.2) is 5.51 Å². The van der Waals surface area contributed by atoms with Crippen LogP contribution in [0.2, 0.25) is 0 Å². The summed E-state index contributed by atoms with van der Waals surface area (Å²) in [6, 6.07) is -0.120. The third-order valence-corrected chi connectivity index (χ3v) is 3.62. The molecule has 18 heavy (non-hydrogen) atoms. The first-order valence-electron chi connectivity index (χ1n) is 6.21. The van der Waals surface area contributed by atoms with Gasteiger partial charge in [-0.3, -0.25) is 0 Å². The van der Waals surface area contributed by atoms with Crippen molar-refractivity contribution in [1.29, 1.82) is 0 Å². The molecule has 1 rings (SSSR count). The van der Waals surface area contributed by atoms with Crippen molar-refractivity contribution in [3.63, 3.8) is 0 Å². The quantitative estimate of drug-likeness (QED) is 0.794. The highest BCUT2D eigenvalue weighted by Gasteiger charge is 2.12. The zero-order chi connectivity index (χ0) is 13.4. The highest BCUT2D eigenvalue weighted by atomic mass is 32.1. The molecule has 0 aliphatic rings. The summed E-state index contributed by atoms with van der Waals surface area (Å²) in [4.78, 5) is 18.8. The second kappa shape index (κ2) is 8.05. The van der Waals surface area contributed by atoms with Crippen LogP contribution in [0.4, 0.5) is 4.79 Å². The Morgan fingerprint density at radius 2 is 2.33 bits per heavy atom. The summed E-state index contributed by atoms with van der Waals surface area (Å²) < 4.78 is 0. The highest BCUT2D eigenvalue weighted by molar-refractivity contribution is 7.09. The number of hydrogen-bond acceptors (Lipinski definition) is 4. The molecule has 0 aliphatic heterocycles. The Balaban J connectivity index is 2.43. The van der Waals surface area contributed by atoms with E-state index in [1.54, 1.807) is 21.7 Å². The van der Waals surface area contributed by atoms with E-state index in [1.165, 1.54) is 0 Å². The third kappa shape index (κ3) is 4.62. The van der Waals surface area contributed by atoms with Gasteiger partial charge < -0.3 is 15.3 Å². The van der Waals surface area contributed by atoms with Crippen LogP contribution in [0.5, 0.6) is 0 Å². The zero-order valence-electron chi connectivity index (χ0n) is 11.0. The van der Waals surface area contributed by atoms with Crippen LogP contribution < -0.4 is 5.32 Å². The van der Waals surface area contributed by atoms with Crippen molar-refractivity contribution in [3.8, 4) is 0 Å². The number of urea groups is 1. The van der Waals surface area contributed by atoms with Gasteiger partial charge in [-0.2, -0.15) is 0 Å². The molecule has 0 spiro atoms. The van der Waals surface area contributed by atoms with Crippen molar-refractivity contribution in [3.05, 3.63) is 16.1 Å². The summed E-state index contributed by atoms with van der Waals surface area (Å²) >= 11 is 1.54. The minimum absolute atomic E-state index is 0.00325. The van der Waals surface area contributed by atoms with Gasteiger partial charge in [0, 0.05) is 18.0 Å². The van der Waals surface area contributed by atoms with Crippen LogP contribution in [0.3, 0.4) is 0 Å². The predicted molar refractivity (Wildman–Crippen MR) is 72.7 cm³/mol. The largest absolute Gasteiger partial charge is 0.395 e. The average Bonchev–Trinajstić information content (AvgIpc) is 2.77. The molecular formula is C12H21N3O2S. The second-order valence-electron chi connectivity index (χ2n) is 4.08. The van der Waals surface area contributed by atoms with Crippen molar-refractivity contribution < 1.29 is 9.90 Å². The molecule has 102 valence electrons. The van der Waals surface area contributed by atoms with E-state index in [0.717, 1.165) is 23.4 Å². The number of aliphatic hydroxyl groups is 1. The van der Waals surface area contributed by atoms with Crippen LogP contribution in [-0.4, -0.2) is 40.7 Å². The van der Waals surface area contributed by atoms with Gasteiger partial charge in [-0.25, -0.2) is 9.78 Å². The maximum absolute atomic E-state index is 11.9. The number of thiazole rings is 1. The summed E-state index contributed by atoms with van der Waals surface area (Å²) in [5.74, 6) is 0. The Morgan fingerprint density at radius 1 is 1.56 bits per heavy atom. The number of nitrogens with zero attached hydrogens (tertiary/aromatic N) is 2. The van der Waals surface area contributed by atoms with Gasteiger partial charge in [-0.1, -0.05) is 13.3 Å². The molecule has 5 nitrogen and oxygen atoms in total. The lowest BCUT2D eigenvalue weighted by Crippen LogP contribution is -2.41. The van der Waals surface area contributed by atoms with Gasteiger partial charge in [0.1, 0.15) is 0 Å². The van der Waals surface area contributed by atoms with Crippen LogP contribution in [-0.2, 0) is 6.54 Å². The molecule has 0 fully saturated rings. The molecule has 0 unspecified atom stereocenters. The number of nitrogens with one attached hydrogen (secondary N) is 1. The summed E-state index contributed by atoms with van der Waals surface area (Å²) in [7, 11) is 0. The Labute approximate surface area is 112 Å². The summed E-state index contributed by atoms with van der Waals surface area (Å²) in [6.07, 6.45) is 1.98. The lowest BCUT2D eigenvalue weighted by atomic mass is 10.3. The predicted octanol–water partition coefficient (Wildman–Crippen LogP) is 1.76. The van der Waals surface area contributed by atoms with Gasteiger partial charge >= 0.3 is 6.03 Å². The molecule has 2 amide bonds. The number of aryl methyl sites for hydroxylation is 1. The number of amides is 2. The molecule has 2 N–H and O–H groups in total. The van der Waals surface area contributed by atoms with Crippen LogP contribution in [0.25, 0.3) is 0 Å². The molecule has 0 aromatic carbocycles. The van der Waals surface area contributed by atoms with E-state index >= 15 is 0 Å². The molecule has 1 aromatic heterocycles. The third-order valence-electron chi connectivity index (χ3n) is 2.68. The molecule has 0 radical (unpaired) electrons. The highest BCUT2D eigenvalue weighted by Crippen LogP contribution is 2.11. The summed E-state index contributed by atoms with van der Waals surface area (Å²) in [5, 5.41) is 11.8. The first-order valence-corrected chi connectivity index (χ1v) is 7.09. The van der Waals surface area contributed by atoms with Crippen LogP contribution >= 0.6 is 11.3 Å². The lowest BCUT2D eigenvalue weighted by molar-refractivity contribution is 0.176. The minimum Gasteiger partial charge on any atom is -0.395 e. The van der Waals surface area contributed by atoms with Crippen LogP contribution in [0, 0.1) is 6.92 Å². The van der Waals surface area contributed by atoms with Gasteiger partial charge in [0.15, 0.2) is 0 Å². The fourth-order valence-electron chi connectivity index (χ4n) is 1.55. The van der Waals surface area contributed by atoms with Crippen molar-refractivity contribution in [2.75, 3.05) is 19.7 Å². The average molecular weight is 271 g/mol. The van der Waals surface area contributed by atoms with Gasteiger partial charge in [0.05, 0.1) is 24.4 Å². The Kier molecular flexibility index (Phi) is 6.67. The fourth-order valence-corrected chi connectivity index (χ4v) is 2.26. The van der Waals surface area contributed by atoms with E-state index < -0.39 is 0 Å². The molecule has 0 saturated carbocycles. The van der Waals surface area contributed by atoms with Gasteiger partial charge in [0.25, 0.3) is 0 Å². The number of aromatic nitrogens is 1. The first kappa shape index (κ1) is 14.9. The van der Waals surface area contributed by atoms with Crippen molar-refractivity contribution in [2.45, 2.75) is 33.2 Å². The first-order chi connectivity index (χ1) is 8.69. The lowest BCUT2D eigenvalue weighted by Gasteiger charge is -2.21. The van der Waals surface area contributed by atoms with E-state index in [2.05, 4.69) is 17.2 Å². The molecule has 0 saturated heterocycles. The number of rotatable bonds is 7. The van der Waals surface area contributed by atoms with E-state index in [4.69, 9.17) is 5.11 Å². The summed E-state index contributed by atoms with van der Waals surface area (Å²) in [5.41, 5.74) is 2.74. The smallest absolute Gasteiger partial charge is 0.317 e. The van der Waals surface area contributed by atoms with Crippen LogP contribution in [0.1, 0.15) is 30.3 Å². The Morgan fingerprint density at radius 3 is 2.89 bits per heavy atom. The van der Waals surface area contributed by atoms with E-state index in [0.29, 0.717) is 19.6 Å². The number of aliphatic hydroxyl groups excluding tert-OH is 1. The number of unbranched alkanes of at least 4 members (excludes halogenated alkanes) is 1. The molecular weight excluding hydrogens is 250 g/mol. The standard InChI is InChI=1S/C12H21N3O2S/c1-3-4-5-15(6-7-16)12(17)13-8-11-10(2)14-9-18-11/h9,16H,3-8H2,1-2H3,(H,13,17). The molecule has 0 bridgehead atoms. The number of carbonyl (C=O) groups excluding carboxylic acids is 1. The van der Waals surface area contributed by atoms with Gasteiger partial charge in [-0.15, -0.1) is 11.3 Å². The molecule has 1 heterocycles. The number of hydrogen-bond donors (Lipinski definition) is 2. The SMILES string of the molecule is CCCCN(CCO)C(=O)NCc1scnc1C. The maximum atomic E-state index is 11.9. The topological polar surface area (TPSA) is 65.5 Å².